The second-order valence-corrected chi connectivity index (χ2v) is 10.3. The largest absolute Gasteiger partial charge is 0.396 e. The summed E-state index contributed by atoms with van der Waals surface area (Å²) in [6, 6.07) is 6.87. The molecule has 40 heavy (non-hydrogen) atoms. The molecule has 11 heteroatoms. The molecule has 9 nitrogen and oxygen atoms in total. The van der Waals surface area contributed by atoms with Crippen molar-refractivity contribution in [3.8, 4) is 16.9 Å². The quantitative estimate of drug-likeness (QED) is 0.324. The number of fused-ring (bicyclic) bond motifs is 1. The van der Waals surface area contributed by atoms with Crippen LogP contribution in [0.1, 0.15) is 44.4 Å². The van der Waals surface area contributed by atoms with Crippen LogP contribution < -0.4 is 21.3 Å². The zero-order valence-electron chi connectivity index (χ0n) is 22.7. The molecule has 1 fully saturated rings. The van der Waals surface area contributed by atoms with Gasteiger partial charge < -0.3 is 20.3 Å². The van der Waals surface area contributed by atoms with E-state index in [-0.39, 0.29) is 52.4 Å². The van der Waals surface area contributed by atoms with Crippen LogP contribution in [0.3, 0.4) is 0 Å². The van der Waals surface area contributed by atoms with E-state index in [2.05, 4.69) is 20.3 Å². The smallest absolute Gasteiger partial charge is 0.356 e. The molecular formula is C29H32F2N6O3. The van der Waals surface area contributed by atoms with Crippen molar-refractivity contribution in [1.29, 1.82) is 0 Å². The monoisotopic (exact) mass is 550 g/mol. The Morgan fingerprint density at radius 3 is 2.67 bits per heavy atom. The van der Waals surface area contributed by atoms with Gasteiger partial charge in [-0.2, -0.15) is 4.98 Å². The van der Waals surface area contributed by atoms with Gasteiger partial charge >= 0.3 is 5.69 Å². The Labute approximate surface area is 229 Å². The minimum atomic E-state index is -0.787. The van der Waals surface area contributed by atoms with Gasteiger partial charge in [0.05, 0.1) is 5.39 Å². The molecule has 1 unspecified atom stereocenters. The van der Waals surface area contributed by atoms with Crippen LogP contribution in [0.5, 0.6) is 0 Å². The predicted molar refractivity (Wildman–Crippen MR) is 150 cm³/mol. The van der Waals surface area contributed by atoms with Crippen molar-refractivity contribution >= 4 is 16.9 Å². The summed E-state index contributed by atoms with van der Waals surface area (Å²) < 4.78 is 32.4. The zero-order valence-corrected chi connectivity index (χ0v) is 22.7. The van der Waals surface area contributed by atoms with E-state index >= 15 is 8.78 Å². The fourth-order valence-corrected chi connectivity index (χ4v) is 5.33. The second kappa shape index (κ2) is 11.3. The van der Waals surface area contributed by atoms with Gasteiger partial charge in [0.15, 0.2) is 5.65 Å². The van der Waals surface area contributed by atoms with Crippen molar-refractivity contribution in [3.05, 3.63) is 80.1 Å². The summed E-state index contributed by atoms with van der Waals surface area (Å²) in [7, 11) is 0. The number of pyridine rings is 2. The van der Waals surface area contributed by atoms with E-state index in [0.717, 1.165) is 4.57 Å². The summed E-state index contributed by atoms with van der Waals surface area (Å²) in [5, 5.41) is 12.9. The van der Waals surface area contributed by atoms with Gasteiger partial charge in [-0.05, 0) is 43.4 Å². The molecule has 1 aliphatic rings. The fraction of sp³-hybridized carbons (Fsp3) is 0.379. The first kappa shape index (κ1) is 27.6. The molecule has 0 amide bonds. The SMILES string of the molecule is CC(C)c1[nH]ccc(=O)c1-n1c(=O)nc(N2CCNCC2C)c2cc(F)c(-c3c(F)cccc3CCCO)nc21. The van der Waals surface area contributed by atoms with E-state index in [9.17, 15) is 14.7 Å². The van der Waals surface area contributed by atoms with Gasteiger partial charge in [0.25, 0.3) is 0 Å². The van der Waals surface area contributed by atoms with E-state index in [0.29, 0.717) is 43.7 Å². The van der Waals surface area contributed by atoms with E-state index in [1.54, 1.807) is 6.07 Å². The third kappa shape index (κ3) is 4.90. The van der Waals surface area contributed by atoms with Crippen molar-refractivity contribution in [2.45, 2.75) is 45.6 Å². The Morgan fingerprint density at radius 1 is 1.15 bits per heavy atom. The summed E-state index contributed by atoms with van der Waals surface area (Å²) in [6.07, 6.45) is 2.15. The summed E-state index contributed by atoms with van der Waals surface area (Å²) in [6.45, 7) is 7.40. The Morgan fingerprint density at radius 2 is 1.95 bits per heavy atom. The van der Waals surface area contributed by atoms with Gasteiger partial charge in [0, 0.05) is 55.8 Å². The van der Waals surface area contributed by atoms with Crippen LogP contribution in [0.25, 0.3) is 28.0 Å². The number of piperazine rings is 1. The molecule has 1 aromatic carbocycles. The highest BCUT2D eigenvalue weighted by molar-refractivity contribution is 5.90. The van der Waals surface area contributed by atoms with Crippen molar-refractivity contribution in [2.24, 2.45) is 0 Å². The molecule has 1 atom stereocenters. The van der Waals surface area contributed by atoms with Crippen LogP contribution >= 0.6 is 0 Å². The molecule has 1 saturated heterocycles. The second-order valence-electron chi connectivity index (χ2n) is 10.3. The molecule has 0 spiro atoms. The number of aliphatic hydroxyl groups is 1. The van der Waals surface area contributed by atoms with Gasteiger partial charge in [-0.15, -0.1) is 0 Å². The topological polar surface area (TPSA) is 116 Å². The third-order valence-corrected chi connectivity index (χ3v) is 7.28. The number of nitrogens with one attached hydrogen (secondary N) is 2. The number of anilines is 1. The number of aromatic nitrogens is 4. The fourth-order valence-electron chi connectivity index (χ4n) is 5.33. The third-order valence-electron chi connectivity index (χ3n) is 7.28. The maximum Gasteiger partial charge on any atom is 0.356 e. The lowest BCUT2D eigenvalue weighted by Crippen LogP contribution is -2.51. The Hall–Kier alpha value is -3.96. The molecule has 4 heterocycles. The van der Waals surface area contributed by atoms with Gasteiger partial charge in [-0.1, -0.05) is 26.0 Å². The molecule has 4 aromatic rings. The molecule has 0 aliphatic carbocycles. The zero-order chi connectivity index (χ0) is 28.6. The van der Waals surface area contributed by atoms with Gasteiger partial charge in [-0.3, -0.25) is 4.79 Å². The van der Waals surface area contributed by atoms with Crippen LogP contribution in [0.15, 0.2) is 46.1 Å². The lowest BCUT2D eigenvalue weighted by molar-refractivity contribution is 0.288. The molecule has 210 valence electrons. The average Bonchev–Trinajstić information content (AvgIpc) is 2.92. The molecule has 5 rings (SSSR count). The summed E-state index contributed by atoms with van der Waals surface area (Å²) in [5.41, 5.74) is -0.498. The predicted octanol–water partition coefficient (Wildman–Crippen LogP) is 3.26. The van der Waals surface area contributed by atoms with Gasteiger partial charge in [0.1, 0.15) is 28.8 Å². The lowest BCUT2D eigenvalue weighted by atomic mass is 9.98. The van der Waals surface area contributed by atoms with E-state index in [1.807, 2.05) is 25.7 Å². The number of aliphatic hydroxyl groups excluding tert-OH is 1. The first-order valence-electron chi connectivity index (χ1n) is 13.4. The van der Waals surface area contributed by atoms with Gasteiger partial charge in [-0.25, -0.2) is 23.1 Å². The Kier molecular flexibility index (Phi) is 7.77. The minimum absolute atomic E-state index is 0.00657. The first-order valence-corrected chi connectivity index (χ1v) is 13.4. The van der Waals surface area contributed by atoms with Crippen molar-refractivity contribution in [3.63, 3.8) is 0 Å². The van der Waals surface area contributed by atoms with Crippen LogP contribution in [0.4, 0.5) is 14.6 Å². The number of nitrogens with zero attached hydrogens (tertiary/aromatic N) is 4. The highest BCUT2D eigenvalue weighted by Crippen LogP contribution is 2.34. The molecule has 0 saturated carbocycles. The molecule has 3 aromatic heterocycles. The van der Waals surface area contributed by atoms with Crippen LogP contribution in [0, 0.1) is 11.6 Å². The number of rotatable bonds is 7. The normalized spacial score (nSPS) is 15.8. The summed E-state index contributed by atoms with van der Waals surface area (Å²) >= 11 is 0. The first-order chi connectivity index (χ1) is 19.2. The summed E-state index contributed by atoms with van der Waals surface area (Å²) in [4.78, 5) is 40.9. The standard InChI is InChI=1S/C29H32F2N6O3/c1-16(2)24-26(22(39)9-10-33-24)37-28-19(27(35-29(37)40)36-12-11-32-15-17(36)3)14-21(31)25(34-28)23-18(7-5-13-38)6-4-8-20(23)30/h4,6,8-10,14,16-17,32,38H,5,7,11-13,15H2,1-3H3,(H,33,39). The summed E-state index contributed by atoms with van der Waals surface area (Å²) in [5.74, 6) is -1.38. The number of H-pyrrole nitrogens is 1. The highest BCUT2D eigenvalue weighted by atomic mass is 19.1. The minimum Gasteiger partial charge on any atom is -0.396 e. The van der Waals surface area contributed by atoms with Crippen LogP contribution in [-0.4, -0.2) is 56.9 Å². The molecule has 3 N–H and O–H groups in total. The molecular weight excluding hydrogens is 518 g/mol. The van der Waals surface area contributed by atoms with Crippen LogP contribution in [-0.2, 0) is 6.42 Å². The van der Waals surface area contributed by atoms with Crippen molar-refractivity contribution < 1.29 is 13.9 Å². The van der Waals surface area contributed by atoms with Crippen molar-refractivity contribution in [2.75, 3.05) is 31.1 Å². The average molecular weight is 551 g/mol. The van der Waals surface area contributed by atoms with E-state index in [4.69, 9.17) is 0 Å². The maximum absolute atomic E-state index is 16.0. The molecule has 0 radical (unpaired) electrons. The van der Waals surface area contributed by atoms with Gasteiger partial charge in [0.2, 0.25) is 5.43 Å². The number of hydrogen-bond acceptors (Lipinski definition) is 7. The lowest BCUT2D eigenvalue weighted by Gasteiger charge is -2.35. The van der Waals surface area contributed by atoms with E-state index in [1.165, 1.54) is 30.5 Å². The molecule has 1 aliphatic heterocycles. The number of aromatic amines is 1. The maximum atomic E-state index is 16.0. The Bertz CT molecular complexity index is 1680. The van der Waals surface area contributed by atoms with Crippen LogP contribution in [0.2, 0.25) is 0 Å². The molecule has 0 bridgehead atoms. The number of hydrogen-bond donors (Lipinski definition) is 3. The number of halogens is 2. The number of aryl methyl sites for hydroxylation is 1. The van der Waals surface area contributed by atoms with E-state index < -0.39 is 22.8 Å². The highest BCUT2D eigenvalue weighted by Gasteiger charge is 2.28. The number of benzene rings is 1. The van der Waals surface area contributed by atoms with Crippen molar-refractivity contribution in [1.82, 2.24) is 24.8 Å². The Balaban J connectivity index is 1.90.